The third-order valence-corrected chi connectivity index (χ3v) is 4.23. The van der Waals surface area contributed by atoms with Gasteiger partial charge < -0.3 is 4.98 Å². The number of rotatable bonds is 4. The number of nitrogens with zero attached hydrogens (tertiary/aromatic N) is 1. The first kappa shape index (κ1) is 14.2. The molecule has 0 aliphatic carbocycles. The minimum Gasteiger partial charge on any atom is -0.332 e. The van der Waals surface area contributed by atoms with Crippen molar-refractivity contribution in [3.63, 3.8) is 0 Å². The lowest BCUT2D eigenvalue weighted by Gasteiger charge is -2.06. The fourth-order valence-electron chi connectivity index (χ4n) is 1.46. The third-order valence-electron chi connectivity index (χ3n) is 2.43. The molecule has 0 aliphatic rings. The Bertz CT molecular complexity index is 700. The van der Waals surface area contributed by atoms with Crippen LogP contribution >= 0.6 is 15.9 Å². The summed E-state index contributed by atoms with van der Waals surface area (Å²) in [6.45, 7) is 1.51. The summed E-state index contributed by atoms with van der Waals surface area (Å²) >= 11 is 3.20. The average Bonchev–Trinajstić information content (AvgIpc) is 2.78. The zero-order valence-corrected chi connectivity index (χ0v) is 12.3. The van der Waals surface area contributed by atoms with E-state index in [9.17, 15) is 12.8 Å². The van der Waals surface area contributed by atoms with Gasteiger partial charge in [0.25, 0.3) is 10.0 Å². The summed E-state index contributed by atoms with van der Waals surface area (Å²) in [5.74, 6) is 0.0284. The molecule has 102 valence electrons. The maximum Gasteiger partial charge on any atom is 0.257 e. The van der Waals surface area contributed by atoms with Crippen LogP contribution < -0.4 is 4.72 Å². The molecule has 2 aromatic rings. The molecule has 5 nitrogen and oxygen atoms in total. The van der Waals surface area contributed by atoms with E-state index in [2.05, 4.69) is 30.6 Å². The third kappa shape index (κ3) is 3.40. The summed E-state index contributed by atoms with van der Waals surface area (Å²) in [6.07, 6.45) is 1.22. The molecule has 0 spiro atoms. The van der Waals surface area contributed by atoms with Gasteiger partial charge in [-0.05, 0) is 25.1 Å². The monoisotopic (exact) mass is 347 g/mol. The van der Waals surface area contributed by atoms with Crippen molar-refractivity contribution < 1.29 is 12.8 Å². The van der Waals surface area contributed by atoms with Crippen molar-refractivity contribution in [2.75, 3.05) is 0 Å². The Labute approximate surface area is 118 Å². The molecule has 1 heterocycles. The molecule has 8 heteroatoms. The number of benzene rings is 1. The number of sulfonamides is 1. The van der Waals surface area contributed by atoms with E-state index in [1.165, 1.54) is 18.3 Å². The SMILES string of the molecule is Cc1ncc(S(=O)(=O)NCc2cc(Br)ccc2F)[nH]1. The zero-order valence-electron chi connectivity index (χ0n) is 9.94. The van der Waals surface area contributed by atoms with Gasteiger partial charge in [0.2, 0.25) is 0 Å². The van der Waals surface area contributed by atoms with Gasteiger partial charge in [-0.15, -0.1) is 0 Å². The molecule has 0 unspecified atom stereocenters. The molecule has 0 fully saturated rings. The van der Waals surface area contributed by atoms with Crippen molar-refractivity contribution in [2.45, 2.75) is 18.5 Å². The number of nitrogens with one attached hydrogen (secondary N) is 2. The van der Waals surface area contributed by atoms with Crippen LogP contribution in [0.25, 0.3) is 0 Å². The van der Waals surface area contributed by atoms with Crippen LogP contribution in [0, 0.1) is 12.7 Å². The second-order valence-corrected chi connectivity index (χ2v) is 6.54. The highest BCUT2D eigenvalue weighted by Crippen LogP contribution is 2.16. The van der Waals surface area contributed by atoms with Crippen LogP contribution in [0.3, 0.4) is 0 Å². The molecule has 19 heavy (non-hydrogen) atoms. The highest BCUT2D eigenvalue weighted by atomic mass is 79.9. The topological polar surface area (TPSA) is 74.8 Å². The van der Waals surface area contributed by atoms with Gasteiger partial charge in [0.05, 0.1) is 6.20 Å². The van der Waals surface area contributed by atoms with Gasteiger partial charge >= 0.3 is 0 Å². The highest BCUT2D eigenvalue weighted by molar-refractivity contribution is 9.10. The summed E-state index contributed by atoms with van der Waals surface area (Å²) < 4.78 is 40.3. The van der Waals surface area contributed by atoms with Crippen LogP contribution in [0.5, 0.6) is 0 Å². The molecule has 0 atom stereocenters. The van der Waals surface area contributed by atoms with Crippen LogP contribution in [0.1, 0.15) is 11.4 Å². The molecular weight excluding hydrogens is 337 g/mol. The number of aromatic nitrogens is 2. The van der Waals surface area contributed by atoms with E-state index in [0.29, 0.717) is 10.3 Å². The Morgan fingerprint density at radius 2 is 2.21 bits per heavy atom. The van der Waals surface area contributed by atoms with Crippen LogP contribution in [0.4, 0.5) is 4.39 Å². The van der Waals surface area contributed by atoms with Crippen LogP contribution in [0.15, 0.2) is 33.9 Å². The summed E-state index contributed by atoms with van der Waals surface area (Å²) in [5, 5.41) is -0.0413. The van der Waals surface area contributed by atoms with E-state index in [4.69, 9.17) is 0 Å². The number of hydrogen-bond donors (Lipinski definition) is 2. The predicted molar refractivity (Wildman–Crippen MR) is 71.5 cm³/mol. The molecule has 0 aliphatic heterocycles. The van der Waals surface area contributed by atoms with Crippen molar-refractivity contribution in [1.82, 2.24) is 14.7 Å². The first-order valence-electron chi connectivity index (χ1n) is 5.34. The predicted octanol–water partition coefficient (Wildman–Crippen LogP) is 2.10. The Balaban J connectivity index is 2.16. The van der Waals surface area contributed by atoms with Crippen molar-refractivity contribution in [3.8, 4) is 0 Å². The van der Waals surface area contributed by atoms with E-state index in [1.54, 1.807) is 13.0 Å². The van der Waals surface area contributed by atoms with E-state index in [-0.39, 0.29) is 17.1 Å². The van der Waals surface area contributed by atoms with Gasteiger partial charge in [0.1, 0.15) is 11.6 Å². The number of H-pyrrole nitrogens is 1. The Kier molecular flexibility index (Phi) is 4.02. The normalized spacial score (nSPS) is 11.7. The number of aryl methyl sites for hydroxylation is 1. The second kappa shape index (κ2) is 5.40. The van der Waals surface area contributed by atoms with Gasteiger partial charge in [0, 0.05) is 16.6 Å². The number of imidazole rings is 1. The van der Waals surface area contributed by atoms with Gasteiger partial charge in [-0.1, -0.05) is 15.9 Å². The molecule has 0 amide bonds. The van der Waals surface area contributed by atoms with Crippen LogP contribution in [0.2, 0.25) is 0 Å². The Morgan fingerprint density at radius 3 is 2.84 bits per heavy atom. The lowest BCUT2D eigenvalue weighted by Crippen LogP contribution is -2.24. The van der Waals surface area contributed by atoms with E-state index >= 15 is 0 Å². The average molecular weight is 348 g/mol. The van der Waals surface area contributed by atoms with Gasteiger partial charge in [-0.25, -0.2) is 22.5 Å². The first-order chi connectivity index (χ1) is 8.88. The minimum atomic E-state index is -3.72. The first-order valence-corrected chi connectivity index (χ1v) is 7.61. The van der Waals surface area contributed by atoms with E-state index in [0.717, 1.165) is 0 Å². The molecule has 1 aromatic heterocycles. The summed E-state index contributed by atoms with van der Waals surface area (Å²) in [5.41, 5.74) is 0.259. The van der Waals surface area contributed by atoms with Crippen molar-refractivity contribution in [3.05, 3.63) is 46.1 Å². The molecule has 0 saturated carbocycles. The van der Waals surface area contributed by atoms with Crippen molar-refractivity contribution >= 4 is 26.0 Å². The quantitative estimate of drug-likeness (QED) is 0.889. The molecule has 2 rings (SSSR count). The molecular formula is C11H11BrFN3O2S. The molecule has 1 aromatic carbocycles. The number of hydrogen-bond acceptors (Lipinski definition) is 3. The zero-order chi connectivity index (χ0) is 14.0. The van der Waals surface area contributed by atoms with E-state index in [1.807, 2.05) is 0 Å². The van der Waals surface area contributed by atoms with Crippen molar-refractivity contribution in [2.24, 2.45) is 0 Å². The maximum atomic E-state index is 13.5. The van der Waals surface area contributed by atoms with Gasteiger partial charge in [0.15, 0.2) is 5.03 Å². The summed E-state index contributed by atoms with van der Waals surface area (Å²) in [6, 6.07) is 4.34. The maximum absolute atomic E-state index is 13.5. The fraction of sp³-hybridized carbons (Fsp3) is 0.182. The summed E-state index contributed by atoms with van der Waals surface area (Å²) in [7, 11) is -3.72. The minimum absolute atomic E-state index is 0.0413. The lowest BCUT2D eigenvalue weighted by atomic mass is 10.2. The van der Waals surface area contributed by atoms with Crippen LogP contribution in [-0.4, -0.2) is 18.4 Å². The smallest absolute Gasteiger partial charge is 0.257 e. The van der Waals surface area contributed by atoms with E-state index < -0.39 is 15.8 Å². The van der Waals surface area contributed by atoms with Crippen molar-refractivity contribution in [1.29, 1.82) is 0 Å². The Morgan fingerprint density at radius 1 is 1.47 bits per heavy atom. The number of halogens is 2. The molecule has 0 bridgehead atoms. The van der Waals surface area contributed by atoms with Crippen LogP contribution in [-0.2, 0) is 16.6 Å². The van der Waals surface area contributed by atoms with Gasteiger partial charge in [-0.3, -0.25) is 0 Å². The highest BCUT2D eigenvalue weighted by Gasteiger charge is 2.17. The summed E-state index contributed by atoms with van der Waals surface area (Å²) in [4.78, 5) is 6.43. The standard InChI is InChI=1S/C11H11BrFN3O2S/c1-7-14-6-11(16-7)19(17,18)15-5-8-4-9(12)2-3-10(8)13/h2-4,6,15H,5H2,1H3,(H,14,16). The second-order valence-electron chi connectivity index (χ2n) is 3.89. The van der Waals surface area contributed by atoms with Gasteiger partial charge in [-0.2, -0.15) is 0 Å². The molecule has 0 saturated heterocycles. The molecule has 0 radical (unpaired) electrons. The number of aromatic amines is 1. The molecule has 2 N–H and O–H groups in total. The fourth-order valence-corrected chi connectivity index (χ4v) is 2.85. The lowest BCUT2D eigenvalue weighted by molar-refractivity contribution is 0.571. The largest absolute Gasteiger partial charge is 0.332 e. The Hall–Kier alpha value is -1.25.